The molecule has 0 heterocycles. The zero-order valence-electron chi connectivity index (χ0n) is 15.2. The maximum Gasteiger partial charge on any atom is 0.336 e. The minimum absolute atomic E-state index is 0.325. The van der Waals surface area contributed by atoms with Crippen molar-refractivity contribution in [3.8, 4) is 11.1 Å². The third-order valence-electron chi connectivity index (χ3n) is 4.62. The number of carbonyl (C=O) groups is 1. The lowest BCUT2D eigenvalue weighted by Crippen LogP contribution is -2.22. The summed E-state index contributed by atoms with van der Waals surface area (Å²) in [6.45, 7) is 0. The topological polar surface area (TPSA) is 37.3 Å². The van der Waals surface area contributed by atoms with Crippen molar-refractivity contribution in [1.82, 2.24) is 0 Å². The molecule has 0 bridgehead atoms. The molecule has 0 aliphatic carbocycles. The van der Waals surface area contributed by atoms with Crippen molar-refractivity contribution in [2.45, 2.75) is 0 Å². The molecule has 0 aromatic heterocycles. The van der Waals surface area contributed by atoms with Gasteiger partial charge in [0.25, 0.3) is 0 Å². The molecule has 0 unspecified atom stereocenters. The third kappa shape index (κ3) is 3.60. The molecule has 0 aliphatic heterocycles. The van der Waals surface area contributed by atoms with Gasteiger partial charge in [0, 0.05) is 0 Å². The average molecular weight is 382 g/mol. The normalized spacial score (nSPS) is 10.8. The molecule has 4 aromatic carbocycles. The average Bonchev–Trinajstić information content (AvgIpc) is 2.76. The summed E-state index contributed by atoms with van der Waals surface area (Å²) >= 11 is 0. The van der Waals surface area contributed by atoms with Crippen molar-refractivity contribution in [3.05, 3.63) is 115 Å². The van der Waals surface area contributed by atoms with Gasteiger partial charge in [0.2, 0.25) is 0 Å². The van der Waals surface area contributed by atoms with Crippen molar-refractivity contribution in [2.75, 3.05) is 0 Å². The van der Waals surface area contributed by atoms with Gasteiger partial charge in [0.05, 0.1) is 5.56 Å². The molecule has 0 amide bonds. The Hall–Kier alpha value is -3.22. The number of carboxylic acids is 1. The highest BCUT2D eigenvalue weighted by molar-refractivity contribution is 7.80. The fourth-order valence-electron chi connectivity index (χ4n) is 3.38. The first-order valence-electron chi connectivity index (χ1n) is 9.07. The van der Waals surface area contributed by atoms with Crippen molar-refractivity contribution in [3.63, 3.8) is 0 Å². The molecule has 0 radical (unpaired) electrons. The molecular weight excluding hydrogens is 363 g/mol. The summed E-state index contributed by atoms with van der Waals surface area (Å²) < 4.78 is 0. The summed E-state index contributed by atoms with van der Waals surface area (Å²) in [4.78, 5) is 11.8. The van der Waals surface area contributed by atoms with Crippen LogP contribution in [0.15, 0.2) is 109 Å². The van der Waals surface area contributed by atoms with Gasteiger partial charge in [-0.1, -0.05) is 103 Å². The Kier molecular flexibility index (Phi) is 5.32. The Balaban J connectivity index is 1.97. The summed E-state index contributed by atoms with van der Waals surface area (Å²) in [5, 5.41) is 13.3. The molecule has 0 saturated heterocycles. The van der Waals surface area contributed by atoms with Crippen LogP contribution in [0, 0.1) is 0 Å². The van der Waals surface area contributed by atoms with Crippen molar-refractivity contribution >= 4 is 29.8 Å². The van der Waals surface area contributed by atoms with E-state index in [4.69, 9.17) is 0 Å². The Morgan fingerprint density at radius 1 is 0.571 bits per heavy atom. The minimum atomic E-state index is -0.908. The van der Waals surface area contributed by atoms with Gasteiger partial charge in [0.1, 0.15) is 0 Å². The molecule has 2 nitrogen and oxygen atoms in total. The van der Waals surface area contributed by atoms with E-state index < -0.39 is 13.9 Å². The van der Waals surface area contributed by atoms with Gasteiger partial charge in [-0.15, -0.1) is 0 Å². The Bertz CT molecular complexity index is 1050. The van der Waals surface area contributed by atoms with E-state index in [1.165, 1.54) is 10.6 Å². The van der Waals surface area contributed by atoms with Gasteiger partial charge >= 0.3 is 5.97 Å². The molecule has 0 atom stereocenters. The Morgan fingerprint density at radius 3 is 1.61 bits per heavy atom. The van der Waals surface area contributed by atoms with E-state index in [0.717, 1.165) is 16.4 Å². The fraction of sp³-hybridized carbons (Fsp3) is 0. The van der Waals surface area contributed by atoms with Crippen LogP contribution in [0.5, 0.6) is 0 Å². The minimum Gasteiger partial charge on any atom is -0.478 e. The van der Waals surface area contributed by atoms with E-state index >= 15 is 0 Å². The van der Waals surface area contributed by atoms with Gasteiger partial charge in [-0.2, -0.15) is 0 Å². The van der Waals surface area contributed by atoms with Crippen LogP contribution in [-0.4, -0.2) is 11.1 Å². The van der Waals surface area contributed by atoms with Gasteiger partial charge in [-0.3, -0.25) is 0 Å². The molecule has 4 aromatic rings. The van der Waals surface area contributed by atoms with Crippen LogP contribution in [0.4, 0.5) is 0 Å². The van der Waals surface area contributed by atoms with Crippen LogP contribution in [0.2, 0.25) is 0 Å². The number of aromatic carboxylic acids is 1. The van der Waals surface area contributed by atoms with E-state index in [2.05, 4.69) is 54.6 Å². The zero-order chi connectivity index (χ0) is 19.3. The lowest BCUT2D eigenvalue weighted by molar-refractivity contribution is 0.0697. The summed E-state index contributed by atoms with van der Waals surface area (Å²) in [5.41, 5.74) is 2.05. The van der Waals surface area contributed by atoms with E-state index in [0.29, 0.717) is 5.56 Å². The first kappa shape index (κ1) is 18.2. The first-order chi connectivity index (χ1) is 13.8. The van der Waals surface area contributed by atoms with Crippen molar-refractivity contribution < 1.29 is 9.90 Å². The molecule has 0 aliphatic rings. The number of hydrogen-bond acceptors (Lipinski definition) is 1. The predicted molar refractivity (Wildman–Crippen MR) is 118 cm³/mol. The lowest BCUT2D eigenvalue weighted by Gasteiger charge is -2.23. The largest absolute Gasteiger partial charge is 0.478 e. The maximum atomic E-state index is 11.8. The quantitative estimate of drug-likeness (QED) is 0.503. The van der Waals surface area contributed by atoms with Crippen LogP contribution in [0.1, 0.15) is 10.4 Å². The van der Waals surface area contributed by atoms with E-state index in [1.807, 2.05) is 42.5 Å². The van der Waals surface area contributed by atoms with Crippen LogP contribution < -0.4 is 15.9 Å². The molecule has 136 valence electrons. The zero-order valence-corrected chi connectivity index (χ0v) is 16.1. The number of carboxylic acid groups (broad SMARTS) is 1. The van der Waals surface area contributed by atoms with Crippen LogP contribution in [-0.2, 0) is 0 Å². The maximum absolute atomic E-state index is 11.8. The summed E-state index contributed by atoms with van der Waals surface area (Å²) in [6.07, 6.45) is 0. The van der Waals surface area contributed by atoms with Crippen molar-refractivity contribution in [2.24, 2.45) is 0 Å². The van der Waals surface area contributed by atoms with Gasteiger partial charge in [-0.05, 0) is 41.0 Å². The molecular formula is C25H19O2P. The van der Waals surface area contributed by atoms with Crippen molar-refractivity contribution in [1.29, 1.82) is 0 Å². The standard InChI is InChI=1S/C25H19O2P/c26-25(27)23-17-8-7-15-21(23)22-16-9-10-18-24(22)28(19-11-3-1-4-12-19)20-13-5-2-6-14-20/h1-18H,(H,26,27). The van der Waals surface area contributed by atoms with E-state index in [-0.39, 0.29) is 0 Å². The first-order valence-corrected chi connectivity index (χ1v) is 10.4. The number of hydrogen-bond donors (Lipinski definition) is 1. The SMILES string of the molecule is O=C(O)c1ccccc1-c1ccccc1P(c1ccccc1)c1ccccc1. The highest BCUT2D eigenvalue weighted by atomic mass is 31.1. The highest BCUT2D eigenvalue weighted by Crippen LogP contribution is 2.37. The summed E-state index contributed by atoms with van der Waals surface area (Å²) in [7, 11) is -0.815. The molecule has 28 heavy (non-hydrogen) atoms. The molecule has 4 rings (SSSR count). The van der Waals surface area contributed by atoms with Gasteiger partial charge < -0.3 is 5.11 Å². The monoisotopic (exact) mass is 382 g/mol. The third-order valence-corrected chi connectivity index (χ3v) is 7.12. The van der Waals surface area contributed by atoms with Gasteiger partial charge in [0.15, 0.2) is 0 Å². The second kappa shape index (κ2) is 8.21. The molecule has 3 heteroatoms. The highest BCUT2D eigenvalue weighted by Gasteiger charge is 2.21. The molecule has 0 saturated carbocycles. The van der Waals surface area contributed by atoms with E-state index in [1.54, 1.807) is 12.1 Å². The molecule has 0 fully saturated rings. The second-order valence-electron chi connectivity index (χ2n) is 6.37. The Labute approximate surface area is 165 Å². The summed E-state index contributed by atoms with van der Waals surface area (Å²) in [6, 6.07) is 36.3. The Morgan fingerprint density at radius 2 is 1.04 bits per heavy atom. The van der Waals surface area contributed by atoms with Gasteiger partial charge in [-0.25, -0.2) is 4.79 Å². The van der Waals surface area contributed by atoms with Crippen LogP contribution in [0.25, 0.3) is 11.1 Å². The van der Waals surface area contributed by atoms with Crippen LogP contribution >= 0.6 is 7.92 Å². The molecule has 0 spiro atoms. The van der Waals surface area contributed by atoms with Crippen LogP contribution in [0.3, 0.4) is 0 Å². The number of rotatable bonds is 5. The van der Waals surface area contributed by atoms with E-state index in [9.17, 15) is 9.90 Å². The smallest absolute Gasteiger partial charge is 0.336 e. The second-order valence-corrected chi connectivity index (χ2v) is 8.56. The lowest BCUT2D eigenvalue weighted by atomic mass is 10.00. The summed E-state index contributed by atoms with van der Waals surface area (Å²) in [5.74, 6) is -0.908. The predicted octanol–water partition coefficient (Wildman–Crippen LogP) is 4.81. The molecule has 1 N–H and O–H groups in total. The number of benzene rings is 4. The fourth-order valence-corrected chi connectivity index (χ4v) is 5.85.